The number of rotatable bonds is 3. The van der Waals surface area contributed by atoms with Gasteiger partial charge in [-0.3, -0.25) is 4.79 Å². The largest absolute Gasteiger partial charge is 0.481 e. The lowest BCUT2D eigenvalue weighted by Gasteiger charge is -2.06. The Bertz CT molecular complexity index is 403. The van der Waals surface area contributed by atoms with E-state index >= 15 is 0 Å². The number of hydrogen-bond donors (Lipinski definition) is 1. The lowest BCUT2D eigenvalue weighted by molar-refractivity contribution is -0.136. The summed E-state index contributed by atoms with van der Waals surface area (Å²) in [6.07, 6.45) is -0.00241. The first-order chi connectivity index (χ1) is 7.20. The second kappa shape index (κ2) is 4.10. The summed E-state index contributed by atoms with van der Waals surface area (Å²) in [6, 6.07) is 3.54. The molecule has 1 aromatic carbocycles. The van der Waals surface area contributed by atoms with Crippen LogP contribution in [0.5, 0.6) is 11.5 Å². The summed E-state index contributed by atoms with van der Waals surface area (Å²) in [5, 5.41) is 9.35. The molecule has 5 heteroatoms. The summed E-state index contributed by atoms with van der Waals surface area (Å²) in [7, 11) is 0. The molecule has 0 aliphatic carbocycles. The molecule has 0 aromatic heterocycles. The first-order valence-corrected chi connectivity index (χ1v) is 5.52. The van der Waals surface area contributed by atoms with Crippen molar-refractivity contribution in [3.63, 3.8) is 0 Å². The summed E-state index contributed by atoms with van der Waals surface area (Å²) >= 11 is 3.32. The van der Waals surface area contributed by atoms with Crippen molar-refractivity contribution in [1.29, 1.82) is 0 Å². The molecule has 15 heavy (non-hydrogen) atoms. The van der Waals surface area contributed by atoms with Gasteiger partial charge in [-0.15, -0.1) is 0 Å². The molecule has 1 aromatic rings. The predicted molar refractivity (Wildman–Crippen MR) is 56.5 cm³/mol. The minimum absolute atomic E-state index is 0.00241. The lowest BCUT2D eigenvalue weighted by atomic mass is 10.0. The molecule has 1 N–H and O–H groups in total. The number of carboxylic acid groups (broad SMARTS) is 1. The van der Waals surface area contributed by atoms with Crippen LogP contribution in [0.4, 0.5) is 0 Å². The number of alkyl halides is 1. The molecule has 0 bridgehead atoms. The smallest absolute Gasteiger partial charge is 0.307 e. The van der Waals surface area contributed by atoms with Gasteiger partial charge in [0.15, 0.2) is 11.5 Å². The molecule has 0 unspecified atom stereocenters. The van der Waals surface area contributed by atoms with E-state index in [-0.39, 0.29) is 13.2 Å². The fourth-order valence-electron chi connectivity index (χ4n) is 1.48. The second-order valence-electron chi connectivity index (χ2n) is 3.18. The Morgan fingerprint density at radius 1 is 1.33 bits per heavy atom. The molecule has 0 radical (unpaired) electrons. The molecule has 0 fully saturated rings. The molecule has 4 nitrogen and oxygen atoms in total. The van der Waals surface area contributed by atoms with Crippen LogP contribution in [0.3, 0.4) is 0 Å². The number of aliphatic carboxylic acids is 1. The highest BCUT2D eigenvalue weighted by molar-refractivity contribution is 9.08. The molecule has 1 heterocycles. The Morgan fingerprint density at radius 3 is 2.47 bits per heavy atom. The normalized spacial score (nSPS) is 12.9. The highest BCUT2D eigenvalue weighted by atomic mass is 79.9. The summed E-state index contributed by atoms with van der Waals surface area (Å²) < 4.78 is 10.4. The predicted octanol–water partition coefficient (Wildman–Crippen LogP) is 1.94. The summed E-state index contributed by atoms with van der Waals surface area (Å²) in [5.74, 6) is 0.450. The van der Waals surface area contributed by atoms with Gasteiger partial charge in [0.2, 0.25) is 6.79 Å². The standard InChI is InChI=1S/C10H9BrO4/c11-4-7-2-9-8(14-5-15-9)1-6(7)3-10(12)13/h1-2H,3-5H2,(H,12,13). The third kappa shape index (κ3) is 2.07. The van der Waals surface area contributed by atoms with Crippen LogP contribution in [0, 0.1) is 0 Å². The van der Waals surface area contributed by atoms with Gasteiger partial charge in [-0.2, -0.15) is 0 Å². The zero-order valence-electron chi connectivity index (χ0n) is 7.83. The number of benzene rings is 1. The van der Waals surface area contributed by atoms with Crippen molar-refractivity contribution in [3.8, 4) is 11.5 Å². The van der Waals surface area contributed by atoms with E-state index < -0.39 is 5.97 Å². The molecule has 0 amide bonds. The Balaban J connectivity index is 2.39. The van der Waals surface area contributed by atoms with E-state index in [0.29, 0.717) is 16.8 Å². The van der Waals surface area contributed by atoms with Gasteiger partial charge < -0.3 is 14.6 Å². The maximum Gasteiger partial charge on any atom is 0.307 e. The van der Waals surface area contributed by atoms with E-state index in [2.05, 4.69) is 15.9 Å². The van der Waals surface area contributed by atoms with E-state index in [1.54, 1.807) is 6.07 Å². The molecular formula is C10H9BrO4. The van der Waals surface area contributed by atoms with Crippen molar-refractivity contribution in [2.45, 2.75) is 11.8 Å². The number of carbonyl (C=O) groups is 1. The molecular weight excluding hydrogens is 264 g/mol. The fourth-order valence-corrected chi connectivity index (χ4v) is 2.00. The number of fused-ring (bicyclic) bond motifs is 1. The van der Waals surface area contributed by atoms with E-state index in [0.717, 1.165) is 11.1 Å². The van der Waals surface area contributed by atoms with Gasteiger partial charge in [-0.1, -0.05) is 15.9 Å². The van der Waals surface area contributed by atoms with Gasteiger partial charge in [0.1, 0.15) is 0 Å². The first kappa shape index (κ1) is 10.3. The highest BCUT2D eigenvalue weighted by Gasteiger charge is 2.17. The molecule has 2 rings (SSSR count). The van der Waals surface area contributed by atoms with E-state index in [4.69, 9.17) is 14.6 Å². The number of ether oxygens (including phenoxy) is 2. The van der Waals surface area contributed by atoms with Gasteiger partial charge in [0.05, 0.1) is 6.42 Å². The summed E-state index contributed by atoms with van der Waals surface area (Å²) in [4.78, 5) is 10.6. The highest BCUT2D eigenvalue weighted by Crippen LogP contribution is 2.35. The van der Waals surface area contributed by atoms with Gasteiger partial charge in [0, 0.05) is 5.33 Å². The van der Waals surface area contributed by atoms with E-state index in [9.17, 15) is 4.79 Å². The minimum atomic E-state index is -0.851. The molecule has 0 spiro atoms. The first-order valence-electron chi connectivity index (χ1n) is 4.40. The van der Waals surface area contributed by atoms with Crippen LogP contribution in [0.15, 0.2) is 12.1 Å². The fraction of sp³-hybridized carbons (Fsp3) is 0.300. The Hall–Kier alpha value is -1.23. The summed E-state index contributed by atoms with van der Waals surface area (Å²) in [5.41, 5.74) is 1.67. The second-order valence-corrected chi connectivity index (χ2v) is 3.74. The van der Waals surface area contributed by atoms with Crippen molar-refractivity contribution in [2.24, 2.45) is 0 Å². The zero-order valence-corrected chi connectivity index (χ0v) is 9.41. The van der Waals surface area contributed by atoms with Crippen molar-refractivity contribution in [2.75, 3.05) is 6.79 Å². The van der Waals surface area contributed by atoms with Crippen LogP contribution in [0.2, 0.25) is 0 Å². The Morgan fingerprint density at radius 2 is 1.93 bits per heavy atom. The maximum atomic E-state index is 10.6. The Labute approximate surface area is 94.9 Å². The van der Waals surface area contributed by atoms with Crippen LogP contribution in [-0.4, -0.2) is 17.9 Å². The molecule has 1 aliphatic rings. The van der Waals surface area contributed by atoms with Crippen molar-refractivity contribution >= 4 is 21.9 Å². The molecule has 0 atom stereocenters. The molecule has 0 saturated carbocycles. The number of halogens is 1. The van der Waals surface area contributed by atoms with Crippen molar-refractivity contribution in [1.82, 2.24) is 0 Å². The van der Waals surface area contributed by atoms with Gasteiger partial charge in [0.25, 0.3) is 0 Å². The third-order valence-electron chi connectivity index (χ3n) is 2.18. The summed E-state index contributed by atoms with van der Waals surface area (Å²) in [6.45, 7) is 0.202. The van der Waals surface area contributed by atoms with Gasteiger partial charge in [-0.25, -0.2) is 0 Å². The lowest BCUT2D eigenvalue weighted by Crippen LogP contribution is -2.02. The van der Waals surface area contributed by atoms with Gasteiger partial charge >= 0.3 is 5.97 Å². The van der Waals surface area contributed by atoms with Crippen LogP contribution < -0.4 is 9.47 Å². The molecule has 1 aliphatic heterocycles. The SMILES string of the molecule is O=C(O)Cc1cc2c(cc1CBr)OCO2. The number of hydrogen-bond acceptors (Lipinski definition) is 3. The van der Waals surface area contributed by atoms with Crippen LogP contribution in [0.1, 0.15) is 11.1 Å². The average Bonchev–Trinajstić information content (AvgIpc) is 2.62. The zero-order chi connectivity index (χ0) is 10.8. The van der Waals surface area contributed by atoms with Crippen LogP contribution in [-0.2, 0) is 16.5 Å². The Kier molecular flexibility index (Phi) is 2.81. The van der Waals surface area contributed by atoms with Gasteiger partial charge in [-0.05, 0) is 23.3 Å². The maximum absolute atomic E-state index is 10.6. The van der Waals surface area contributed by atoms with E-state index in [1.165, 1.54) is 0 Å². The van der Waals surface area contributed by atoms with Crippen molar-refractivity contribution < 1.29 is 19.4 Å². The monoisotopic (exact) mass is 272 g/mol. The third-order valence-corrected chi connectivity index (χ3v) is 2.78. The average molecular weight is 273 g/mol. The van der Waals surface area contributed by atoms with E-state index in [1.807, 2.05) is 6.07 Å². The molecule has 0 saturated heterocycles. The van der Waals surface area contributed by atoms with Crippen LogP contribution in [0.25, 0.3) is 0 Å². The molecule has 80 valence electrons. The van der Waals surface area contributed by atoms with Crippen LogP contribution >= 0.6 is 15.9 Å². The number of carboxylic acids is 1. The minimum Gasteiger partial charge on any atom is -0.481 e. The topological polar surface area (TPSA) is 55.8 Å². The quantitative estimate of drug-likeness (QED) is 0.855. The van der Waals surface area contributed by atoms with Crippen molar-refractivity contribution in [3.05, 3.63) is 23.3 Å².